The number of rotatable bonds is 3. The Balaban J connectivity index is 1.53. The minimum atomic E-state index is -0.404. The minimum Gasteiger partial charge on any atom is -0.389 e. The molecule has 0 bridgehead atoms. The van der Waals surface area contributed by atoms with Gasteiger partial charge in [0.05, 0.1) is 6.10 Å². The van der Waals surface area contributed by atoms with E-state index in [-0.39, 0.29) is 36.1 Å². The number of nitrogens with zero attached hydrogens (tertiary/aromatic N) is 3. The van der Waals surface area contributed by atoms with Crippen LogP contribution in [0.15, 0.2) is 0 Å². The molecule has 3 rings (SSSR count). The minimum absolute atomic E-state index is 0.0214. The van der Waals surface area contributed by atoms with Crippen LogP contribution < -0.4 is 0 Å². The summed E-state index contributed by atoms with van der Waals surface area (Å²) in [6, 6.07) is 0.192. The molecule has 0 radical (unpaired) electrons. The van der Waals surface area contributed by atoms with Gasteiger partial charge in [0, 0.05) is 58.0 Å². The first-order chi connectivity index (χ1) is 11.5. The molecule has 3 aliphatic rings. The molecule has 1 atom stereocenters. The van der Waals surface area contributed by atoms with Gasteiger partial charge in [-0.3, -0.25) is 14.4 Å². The third-order valence-corrected chi connectivity index (χ3v) is 5.57. The number of hydrogen-bond acceptors (Lipinski definition) is 4. The Labute approximate surface area is 142 Å². The van der Waals surface area contributed by atoms with Crippen molar-refractivity contribution in [1.29, 1.82) is 0 Å². The number of aliphatic hydroxyl groups excluding tert-OH is 1. The number of β-amino-alcohol motifs (C(OH)–C–C–N with tert-alkyl or cyclic N) is 1. The second-order valence-electron chi connectivity index (χ2n) is 7.26. The number of carbonyl (C=O) groups is 3. The van der Waals surface area contributed by atoms with Crippen LogP contribution in [0.4, 0.5) is 0 Å². The van der Waals surface area contributed by atoms with Crippen molar-refractivity contribution in [2.24, 2.45) is 5.92 Å². The fourth-order valence-corrected chi connectivity index (χ4v) is 4.02. The standard InChI is InChI=1S/C17H27N3O4/c1-12(21)18-7-4-14(5-8-18)20-6-2-3-13(17(20)24)9-16(23)19-10-15(22)11-19/h13-15,22H,2-11H2,1H3. The van der Waals surface area contributed by atoms with Gasteiger partial charge in [0.25, 0.3) is 0 Å². The maximum absolute atomic E-state index is 12.8. The first-order valence-electron chi connectivity index (χ1n) is 8.97. The largest absolute Gasteiger partial charge is 0.389 e. The van der Waals surface area contributed by atoms with E-state index in [1.807, 2.05) is 9.80 Å². The molecule has 7 heteroatoms. The molecule has 0 saturated carbocycles. The van der Waals surface area contributed by atoms with Crippen molar-refractivity contribution in [3.05, 3.63) is 0 Å². The zero-order chi connectivity index (χ0) is 17.3. The number of aliphatic hydroxyl groups is 1. The molecular formula is C17H27N3O4. The number of carbonyl (C=O) groups excluding carboxylic acids is 3. The molecule has 1 unspecified atom stereocenters. The summed E-state index contributed by atoms with van der Waals surface area (Å²) in [4.78, 5) is 41.8. The highest BCUT2D eigenvalue weighted by molar-refractivity contribution is 5.87. The molecule has 134 valence electrons. The van der Waals surface area contributed by atoms with E-state index < -0.39 is 6.10 Å². The van der Waals surface area contributed by atoms with Gasteiger partial charge in [-0.1, -0.05) is 0 Å². The van der Waals surface area contributed by atoms with Crippen molar-refractivity contribution in [3.8, 4) is 0 Å². The monoisotopic (exact) mass is 337 g/mol. The average Bonchev–Trinajstić information content (AvgIpc) is 2.54. The lowest BCUT2D eigenvalue weighted by Gasteiger charge is -2.42. The highest BCUT2D eigenvalue weighted by atomic mass is 16.3. The summed E-state index contributed by atoms with van der Waals surface area (Å²) in [5, 5.41) is 9.30. The Bertz CT molecular complexity index is 510. The van der Waals surface area contributed by atoms with Crippen LogP contribution >= 0.6 is 0 Å². The fraction of sp³-hybridized carbons (Fsp3) is 0.824. The van der Waals surface area contributed by atoms with Gasteiger partial charge < -0.3 is 19.8 Å². The number of hydrogen-bond donors (Lipinski definition) is 1. The Morgan fingerprint density at radius 2 is 1.75 bits per heavy atom. The van der Waals surface area contributed by atoms with E-state index in [9.17, 15) is 19.5 Å². The lowest BCUT2D eigenvalue weighted by atomic mass is 9.90. The van der Waals surface area contributed by atoms with Crippen LogP contribution in [-0.2, 0) is 14.4 Å². The van der Waals surface area contributed by atoms with E-state index in [0.717, 1.165) is 32.2 Å². The fourth-order valence-electron chi connectivity index (χ4n) is 4.02. The SMILES string of the molecule is CC(=O)N1CCC(N2CCCC(CC(=O)N3CC(O)C3)C2=O)CC1. The van der Waals surface area contributed by atoms with E-state index in [1.54, 1.807) is 11.8 Å². The molecule has 24 heavy (non-hydrogen) atoms. The van der Waals surface area contributed by atoms with Crippen LogP contribution in [-0.4, -0.2) is 82.4 Å². The van der Waals surface area contributed by atoms with Crippen LogP contribution in [0.3, 0.4) is 0 Å². The molecule has 0 aromatic heterocycles. The number of likely N-dealkylation sites (tertiary alicyclic amines) is 3. The molecule has 7 nitrogen and oxygen atoms in total. The molecule has 0 aromatic rings. The average molecular weight is 337 g/mol. The van der Waals surface area contributed by atoms with Gasteiger partial charge in [-0.2, -0.15) is 0 Å². The van der Waals surface area contributed by atoms with Crippen molar-refractivity contribution in [2.75, 3.05) is 32.7 Å². The summed E-state index contributed by atoms with van der Waals surface area (Å²) in [5.74, 6) is -0.0581. The van der Waals surface area contributed by atoms with Crippen LogP contribution in [0, 0.1) is 5.92 Å². The Morgan fingerprint density at radius 3 is 2.33 bits per heavy atom. The van der Waals surface area contributed by atoms with E-state index in [0.29, 0.717) is 26.2 Å². The van der Waals surface area contributed by atoms with Gasteiger partial charge >= 0.3 is 0 Å². The molecule has 3 fully saturated rings. The summed E-state index contributed by atoms with van der Waals surface area (Å²) < 4.78 is 0. The van der Waals surface area contributed by atoms with Gasteiger partial charge in [0.15, 0.2) is 0 Å². The third kappa shape index (κ3) is 3.55. The first-order valence-corrected chi connectivity index (χ1v) is 8.97. The lowest BCUT2D eigenvalue weighted by molar-refractivity contribution is -0.150. The summed E-state index contributed by atoms with van der Waals surface area (Å²) in [6.07, 6.45) is 3.20. The molecule has 1 N–H and O–H groups in total. The van der Waals surface area contributed by atoms with Gasteiger partial charge in [-0.05, 0) is 25.7 Å². The summed E-state index contributed by atoms with van der Waals surface area (Å²) in [5.41, 5.74) is 0. The highest BCUT2D eigenvalue weighted by Gasteiger charge is 2.38. The molecule has 3 saturated heterocycles. The smallest absolute Gasteiger partial charge is 0.226 e. The second kappa shape index (κ2) is 7.09. The Morgan fingerprint density at radius 1 is 1.08 bits per heavy atom. The van der Waals surface area contributed by atoms with Gasteiger partial charge in [-0.25, -0.2) is 0 Å². The van der Waals surface area contributed by atoms with Gasteiger partial charge in [-0.15, -0.1) is 0 Å². The van der Waals surface area contributed by atoms with Crippen molar-refractivity contribution in [2.45, 2.75) is 51.2 Å². The van der Waals surface area contributed by atoms with Crippen LogP contribution in [0.5, 0.6) is 0 Å². The Kier molecular flexibility index (Phi) is 5.08. The predicted molar refractivity (Wildman–Crippen MR) is 86.9 cm³/mol. The second-order valence-corrected chi connectivity index (χ2v) is 7.26. The van der Waals surface area contributed by atoms with Crippen LogP contribution in [0.25, 0.3) is 0 Å². The molecule has 3 amide bonds. The van der Waals surface area contributed by atoms with Crippen LogP contribution in [0.2, 0.25) is 0 Å². The van der Waals surface area contributed by atoms with E-state index >= 15 is 0 Å². The third-order valence-electron chi connectivity index (χ3n) is 5.57. The summed E-state index contributed by atoms with van der Waals surface area (Å²) in [7, 11) is 0. The molecule has 0 spiro atoms. The normalized spacial score (nSPS) is 26.5. The highest BCUT2D eigenvalue weighted by Crippen LogP contribution is 2.28. The van der Waals surface area contributed by atoms with E-state index in [1.165, 1.54) is 0 Å². The molecule has 0 aliphatic carbocycles. The molecular weight excluding hydrogens is 310 g/mol. The number of piperidine rings is 2. The Hall–Kier alpha value is -1.63. The zero-order valence-electron chi connectivity index (χ0n) is 14.3. The van der Waals surface area contributed by atoms with Crippen molar-refractivity contribution >= 4 is 17.7 Å². The zero-order valence-corrected chi connectivity index (χ0v) is 14.3. The van der Waals surface area contributed by atoms with Crippen LogP contribution in [0.1, 0.15) is 39.0 Å². The molecule has 3 aliphatic heterocycles. The lowest BCUT2D eigenvalue weighted by Crippen LogP contribution is -2.55. The quantitative estimate of drug-likeness (QED) is 0.775. The maximum Gasteiger partial charge on any atom is 0.226 e. The number of amides is 3. The topological polar surface area (TPSA) is 81.2 Å². The van der Waals surface area contributed by atoms with Crippen molar-refractivity contribution < 1.29 is 19.5 Å². The van der Waals surface area contributed by atoms with Crippen molar-refractivity contribution in [3.63, 3.8) is 0 Å². The van der Waals surface area contributed by atoms with Gasteiger partial charge in [0.2, 0.25) is 17.7 Å². The molecule has 3 heterocycles. The summed E-state index contributed by atoms with van der Waals surface area (Å²) >= 11 is 0. The van der Waals surface area contributed by atoms with E-state index in [4.69, 9.17) is 0 Å². The summed E-state index contributed by atoms with van der Waals surface area (Å²) in [6.45, 7) is 4.55. The van der Waals surface area contributed by atoms with Gasteiger partial charge in [0.1, 0.15) is 0 Å². The molecule has 0 aromatic carbocycles. The van der Waals surface area contributed by atoms with Crippen molar-refractivity contribution in [1.82, 2.24) is 14.7 Å². The first kappa shape index (κ1) is 17.2. The predicted octanol–water partition coefficient (Wildman–Crippen LogP) is -0.171. The maximum atomic E-state index is 12.8. The van der Waals surface area contributed by atoms with E-state index in [2.05, 4.69) is 0 Å².